The Balaban J connectivity index is 1.54. The Hall–Kier alpha value is -3.20. The Morgan fingerprint density at radius 3 is 2.29 bits per heavy atom. The highest BCUT2D eigenvalue weighted by atomic mass is 35.5. The second-order valence-electron chi connectivity index (χ2n) is 7.85. The van der Waals surface area contributed by atoms with Gasteiger partial charge in [-0.1, -0.05) is 71.8 Å². The summed E-state index contributed by atoms with van der Waals surface area (Å²) in [5, 5.41) is 4.37. The van der Waals surface area contributed by atoms with Gasteiger partial charge in [-0.3, -0.25) is 4.79 Å². The predicted molar refractivity (Wildman–Crippen MR) is 140 cm³/mol. The average Bonchev–Trinajstić information content (AvgIpc) is 3.23. The maximum atomic E-state index is 12.7. The van der Waals surface area contributed by atoms with Crippen molar-refractivity contribution >= 4 is 43.8 Å². The van der Waals surface area contributed by atoms with Gasteiger partial charge in [-0.25, -0.2) is 13.4 Å². The van der Waals surface area contributed by atoms with E-state index in [0.29, 0.717) is 32.2 Å². The van der Waals surface area contributed by atoms with Crippen molar-refractivity contribution in [2.45, 2.75) is 25.2 Å². The first-order valence-corrected chi connectivity index (χ1v) is 13.7. The van der Waals surface area contributed by atoms with Crippen LogP contribution in [0.2, 0.25) is 5.02 Å². The van der Waals surface area contributed by atoms with E-state index >= 15 is 0 Å². The third-order valence-corrected chi connectivity index (χ3v) is 8.07. The van der Waals surface area contributed by atoms with Crippen molar-refractivity contribution in [2.75, 3.05) is 11.1 Å². The van der Waals surface area contributed by atoms with Crippen LogP contribution in [-0.4, -0.2) is 25.1 Å². The summed E-state index contributed by atoms with van der Waals surface area (Å²) in [5.41, 5.74) is 3.22. The van der Waals surface area contributed by atoms with Gasteiger partial charge < -0.3 is 10.1 Å². The molecule has 0 aliphatic heterocycles. The minimum Gasteiger partial charge on any atom is -0.444 e. The van der Waals surface area contributed by atoms with Crippen LogP contribution in [0.3, 0.4) is 0 Å². The second kappa shape index (κ2) is 10.6. The smallest absolute Gasteiger partial charge is 0.230 e. The molecular weight excluding hydrogens is 504 g/mol. The van der Waals surface area contributed by atoms with Crippen molar-refractivity contribution in [1.29, 1.82) is 0 Å². The molecule has 35 heavy (non-hydrogen) atoms. The summed E-state index contributed by atoms with van der Waals surface area (Å²) in [6.45, 7) is 3.60. The molecule has 6 nitrogen and oxygen atoms in total. The standard InChI is InChI=1S/C26H23ClN2O4S2/c1-3-35(31,32)22-14-6-18(7-15-22)16-23(30)28-26-29-24(19-8-10-20(27)11-9-19)25(34-26)33-21-12-4-17(2)5-13-21/h4-15H,3,16H2,1-2H3,(H,28,29,30). The summed E-state index contributed by atoms with van der Waals surface area (Å²) in [7, 11) is -3.28. The largest absolute Gasteiger partial charge is 0.444 e. The van der Waals surface area contributed by atoms with Crippen LogP contribution in [0.5, 0.6) is 10.8 Å². The van der Waals surface area contributed by atoms with E-state index in [4.69, 9.17) is 16.3 Å². The molecule has 0 radical (unpaired) electrons. The molecule has 9 heteroatoms. The second-order valence-corrected chi connectivity index (χ2v) is 11.5. The molecule has 3 aromatic carbocycles. The van der Waals surface area contributed by atoms with Crippen molar-refractivity contribution in [3.63, 3.8) is 0 Å². The molecule has 1 N–H and O–H groups in total. The average molecular weight is 527 g/mol. The molecule has 0 unspecified atom stereocenters. The van der Waals surface area contributed by atoms with Crippen LogP contribution in [0.15, 0.2) is 77.7 Å². The van der Waals surface area contributed by atoms with Gasteiger partial charge in [0, 0.05) is 10.6 Å². The number of halogens is 1. The number of thiazole rings is 1. The highest BCUT2D eigenvalue weighted by Crippen LogP contribution is 2.41. The van der Waals surface area contributed by atoms with Crippen molar-refractivity contribution in [2.24, 2.45) is 0 Å². The van der Waals surface area contributed by atoms with Gasteiger partial charge in [-0.15, -0.1) is 0 Å². The number of sulfone groups is 1. The number of rotatable bonds is 8. The van der Waals surface area contributed by atoms with E-state index < -0.39 is 9.84 Å². The van der Waals surface area contributed by atoms with Crippen LogP contribution >= 0.6 is 22.9 Å². The quantitative estimate of drug-likeness (QED) is 0.282. The lowest BCUT2D eigenvalue weighted by Gasteiger charge is -2.06. The molecule has 0 fully saturated rings. The molecule has 0 spiro atoms. The Morgan fingerprint density at radius 1 is 1.00 bits per heavy atom. The topological polar surface area (TPSA) is 85.4 Å². The predicted octanol–water partition coefficient (Wildman–Crippen LogP) is 6.54. The highest BCUT2D eigenvalue weighted by molar-refractivity contribution is 7.91. The van der Waals surface area contributed by atoms with E-state index in [0.717, 1.165) is 11.1 Å². The lowest BCUT2D eigenvalue weighted by atomic mass is 10.1. The lowest BCUT2D eigenvalue weighted by molar-refractivity contribution is -0.115. The lowest BCUT2D eigenvalue weighted by Crippen LogP contribution is -2.14. The number of amides is 1. The van der Waals surface area contributed by atoms with E-state index in [1.165, 1.54) is 23.5 Å². The fourth-order valence-electron chi connectivity index (χ4n) is 3.26. The molecular formula is C26H23ClN2O4S2. The molecule has 0 aliphatic carbocycles. The Bertz CT molecular complexity index is 1430. The SMILES string of the molecule is CCS(=O)(=O)c1ccc(CC(=O)Nc2nc(-c3ccc(Cl)cc3)c(Oc3ccc(C)cc3)s2)cc1. The molecule has 0 saturated carbocycles. The molecule has 0 saturated heterocycles. The molecule has 0 aliphatic rings. The zero-order valence-electron chi connectivity index (χ0n) is 19.1. The fourth-order valence-corrected chi connectivity index (χ4v) is 5.15. The molecule has 180 valence electrons. The van der Waals surface area contributed by atoms with Crippen LogP contribution < -0.4 is 10.1 Å². The van der Waals surface area contributed by atoms with Gasteiger partial charge in [0.2, 0.25) is 11.0 Å². The zero-order valence-corrected chi connectivity index (χ0v) is 21.5. The molecule has 4 aromatic rings. The molecule has 0 atom stereocenters. The summed E-state index contributed by atoms with van der Waals surface area (Å²) in [4.78, 5) is 17.5. The van der Waals surface area contributed by atoms with Gasteiger partial charge in [-0.2, -0.15) is 0 Å². The molecule has 1 aromatic heterocycles. The van der Waals surface area contributed by atoms with Crippen LogP contribution in [0, 0.1) is 6.92 Å². The molecule has 4 rings (SSSR count). The number of aryl methyl sites for hydroxylation is 1. The molecule has 1 heterocycles. The summed E-state index contributed by atoms with van der Waals surface area (Å²) >= 11 is 7.27. The van der Waals surface area contributed by atoms with Gasteiger partial charge >= 0.3 is 0 Å². The van der Waals surface area contributed by atoms with Gasteiger partial charge in [-0.05, 0) is 48.9 Å². The highest BCUT2D eigenvalue weighted by Gasteiger charge is 2.18. The summed E-state index contributed by atoms with van der Waals surface area (Å²) in [6.07, 6.45) is 0.0798. The number of hydrogen-bond donors (Lipinski definition) is 1. The van der Waals surface area contributed by atoms with Crippen LogP contribution in [0.25, 0.3) is 11.3 Å². The summed E-state index contributed by atoms with van der Waals surface area (Å²) in [6, 6.07) is 21.2. The van der Waals surface area contributed by atoms with Crippen LogP contribution in [0.1, 0.15) is 18.1 Å². The number of nitrogens with one attached hydrogen (secondary N) is 1. The van der Waals surface area contributed by atoms with Crippen molar-refractivity contribution in [3.8, 4) is 22.1 Å². The maximum Gasteiger partial charge on any atom is 0.230 e. The summed E-state index contributed by atoms with van der Waals surface area (Å²) < 4.78 is 30.1. The Labute approximate surface area is 213 Å². The fraction of sp³-hybridized carbons (Fsp3) is 0.154. The van der Waals surface area contributed by atoms with E-state index in [9.17, 15) is 13.2 Å². The first kappa shape index (κ1) is 24.9. The van der Waals surface area contributed by atoms with Gasteiger partial charge in [0.05, 0.1) is 17.1 Å². The number of nitrogens with zero attached hydrogens (tertiary/aromatic N) is 1. The van der Waals surface area contributed by atoms with Crippen molar-refractivity contribution in [1.82, 2.24) is 4.98 Å². The minimum absolute atomic E-state index is 0.0276. The van der Waals surface area contributed by atoms with Gasteiger partial charge in [0.1, 0.15) is 11.4 Å². The number of carbonyl (C=O) groups excluding carboxylic acids is 1. The number of ether oxygens (including phenoxy) is 1. The number of benzene rings is 3. The normalized spacial score (nSPS) is 11.3. The van der Waals surface area contributed by atoms with Crippen molar-refractivity contribution < 1.29 is 17.9 Å². The van der Waals surface area contributed by atoms with Crippen LogP contribution in [-0.2, 0) is 21.1 Å². The minimum atomic E-state index is -3.28. The first-order valence-electron chi connectivity index (χ1n) is 10.9. The zero-order chi connectivity index (χ0) is 25.0. The monoisotopic (exact) mass is 526 g/mol. The number of hydrogen-bond acceptors (Lipinski definition) is 6. The number of anilines is 1. The first-order chi connectivity index (χ1) is 16.7. The number of aromatic nitrogens is 1. The third kappa shape index (κ3) is 6.28. The van der Waals surface area contributed by atoms with E-state index in [-0.39, 0.29) is 23.0 Å². The van der Waals surface area contributed by atoms with Gasteiger partial charge in [0.25, 0.3) is 0 Å². The Morgan fingerprint density at radius 2 is 1.66 bits per heavy atom. The maximum absolute atomic E-state index is 12.7. The van der Waals surface area contributed by atoms with Crippen LogP contribution in [0.4, 0.5) is 5.13 Å². The van der Waals surface area contributed by atoms with E-state index in [1.807, 2.05) is 43.3 Å². The van der Waals surface area contributed by atoms with Crippen molar-refractivity contribution in [3.05, 3.63) is 88.9 Å². The third-order valence-electron chi connectivity index (χ3n) is 5.22. The summed E-state index contributed by atoms with van der Waals surface area (Å²) in [5.74, 6) is 0.420. The van der Waals surface area contributed by atoms with Gasteiger partial charge in [0.15, 0.2) is 15.0 Å². The Kier molecular flexibility index (Phi) is 7.54. The number of carbonyl (C=O) groups is 1. The van der Waals surface area contributed by atoms with E-state index in [2.05, 4.69) is 10.3 Å². The van der Waals surface area contributed by atoms with E-state index in [1.54, 1.807) is 31.2 Å². The molecule has 0 bridgehead atoms. The molecule has 1 amide bonds.